The maximum atomic E-state index is 9.06. The zero-order valence-electron chi connectivity index (χ0n) is 8.26. The zero-order valence-corrected chi connectivity index (χ0v) is 9.07. The van der Waals surface area contributed by atoms with Crippen molar-refractivity contribution in [2.45, 2.75) is 37.2 Å². The van der Waals surface area contributed by atoms with Gasteiger partial charge in [0.25, 0.3) is 0 Å². The average Bonchev–Trinajstić information content (AvgIpc) is 2.85. The van der Waals surface area contributed by atoms with Gasteiger partial charge in [0.05, 0.1) is 0 Å². The number of rotatable bonds is 3. The van der Waals surface area contributed by atoms with Crippen LogP contribution >= 0.6 is 11.8 Å². The first-order valence-electron chi connectivity index (χ1n) is 4.87. The minimum Gasteiger partial charge on any atom is -0.388 e. The van der Waals surface area contributed by atoms with Crippen molar-refractivity contribution in [2.24, 2.45) is 0 Å². The molecule has 0 bridgehead atoms. The van der Waals surface area contributed by atoms with Crippen LogP contribution in [0.2, 0.25) is 0 Å². The number of nitrogens with zero attached hydrogens (tertiary/aromatic N) is 3. The Hall–Kier alpha value is -0.550. The van der Waals surface area contributed by atoms with Crippen molar-refractivity contribution in [3.8, 4) is 0 Å². The molecule has 0 radical (unpaired) electrons. The second-order valence-corrected chi connectivity index (χ2v) is 4.78. The molecule has 2 unspecified atom stereocenters. The molecule has 0 aliphatic heterocycles. The Morgan fingerprint density at radius 2 is 2.50 bits per heavy atom. The highest BCUT2D eigenvalue weighted by Gasteiger charge is 2.26. The maximum Gasteiger partial charge on any atom is 0.158 e. The molecule has 2 rings (SSSR count). The van der Waals surface area contributed by atoms with Gasteiger partial charge in [-0.1, -0.05) is 0 Å². The van der Waals surface area contributed by atoms with Crippen LogP contribution in [0.1, 0.15) is 31.1 Å². The maximum absolute atomic E-state index is 9.06. The summed E-state index contributed by atoms with van der Waals surface area (Å²) in [4.78, 5) is 0. The summed E-state index contributed by atoms with van der Waals surface area (Å²) >= 11 is 1.93. The molecule has 1 fully saturated rings. The van der Waals surface area contributed by atoms with E-state index >= 15 is 0 Å². The van der Waals surface area contributed by atoms with Gasteiger partial charge in [0.15, 0.2) is 5.82 Å². The lowest BCUT2D eigenvalue weighted by Crippen LogP contribution is -2.09. The van der Waals surface area contributed by atoms with Gasteiger partial charge in [0, 0.05) is 11.3 Å². The highest BCUT2D eigenvalue weighted by atomic mass is 32.2. The average molecular weight is 213 g/mol. The first-order chi connectivity index (χ1) is 6.85. The van der Waals surface area contributed by atoms with Crippen molar-refractivity contribution in [3.63, 3.8) is 0 Å². The summed E-state index contributed by atoms with van der Waals surface area (Å²) in [6.07, 6.45) is 7.50. The van der Waals surface area contributed by atoms with E-state index in [-0.39, 0.29) is 6.61 Å². The van der Waals surface area contributed by atoms with Crippen LogP contribution in [0.4, 0.5) is 0 Å². The van der Waals surface area contributed by atoms with Crippen LogP contribution < -0.4 is 0 Å². The molecule has 1 saturated carbocycles. The van der Waals surface area contributed by atoms with Crippen LogP contribution in [0.25, 0.3) is 0 Å². The fourth-order valence-electron chi connectivity index (χ4n) is 2.07. The molecular formula is C9H15N3OS. The van der Waals surface area contributed by atoms with E-state index in [1.807, 2.05) is 16.3 Å². The molecule has 0 aromatic carbocycles. The molecule has 4 nitrogen and oxygen atoms in total. The number of aliphatic hydroxyl groups is 1. The monoisotopic (exact) mass is 213 g/mol. The first kappa shape index (κ1) is 9.98. The number of hydrogen-bond acceptors (Lipinski definition) is 4. The predicted molar refractivity (Wildman–Crippen MR) is 56.1 cm³/mol. The number of hydrogen-bond donors (Lipinski definition) is 1. The molecule has 0 amide bonds. The third kappa shape index (κ3) is 1.79. The van der Waals surface area contributed by atoms with E-state index in [2.05, 4.69) is 16.5 Å². The molecule has 2 atom stereocenters. The van der Waals surface area contributed by atoms with Crippen molar-refractivity contribution >= 4 is 11.8 Å². The van der Waals surface area contributed by atoms with E-state index in [4.69, 9.17) is 5.11 Å². The van der Waals surface area contributed by atoms with Crippen molar-refractivity contribution < 1.29 is 5.11 Å². The van der Waals surface area contributed by atoms with Gasteiger partial charge in [0.1, 0.15) is 12.9 Å². The van der Waals surface area contributed by atoms with Gasteiger partial charge in [-0.15, -0.1) is 10.2 Å². The molecule has 1 aliphatic carbocycles. The summed E-state index contributed by atoms with van der Waals surface area (Å²) in [7, 11) is 0. The van der Waals surface area contributed by atoms with Crippen LogP contribution in [0, 0.1) is 0 Å². The van der Waals surface area contributed by atoms with Gasteiger partial charge in [-0.3, -0.25) is 0 Å². The smallest absolute Gasteiger partial charge is 0.158 e. The van der Waals surface area contributed by atoms with E-state index in [1.54, 1.807) is 6.33 Å². The van der Waals surface area contributed by atoms with Crippen molar-refractivity contribution in [1.29, 1.82) is 0 Å². The summed E-state index contributed by atoms with van der Waals surface area (Å²) in [5.74, 6) is 0.691. The minimum atomic E-state index is -0.0135. The molecule has 5 heteroatoms. The zero-order chi connectivity index (χ0) is 9.97. The third-order valence-electron chi connectivity index (χ3n) is 2.87. The fourth-order valence-corrected chi connectivity index (χ4v) is 2.86. The van der Waals surface area contributed by atoms with Crippen LogP contribution in [0.3, 0.4) is 0 Å². The summed E-state index contributed by atoms with van der Waals surface area (Å²) in [6, 6.07) is 0.490. The first-order valence-corrected chi connectivity index (χ1v) is 6.16. The predicted octanol–water partition coefficient (Wildman–Crippen LogP) is 1.23. The number of aromatic nitrogens is 3. The molecule has 1 aromatic rings. The molecule has 78 valence electrons. The Labute approximate surface area is 87.7 Å². The summed E-state index contributed by atoms with van der Waals surface area (Å²) in [5.41, 5.74) is 0. The van der Waals surface area contributed by atoms with Crippen molar-refractivity contribution in [1.82, 2.24) is 14.8 Å². The van der Waals surface area contributed by atoms with Crippen molar-refractivity contribution in [2.75, 3.05) is 6.26 Å². The third-order valence-corrected chi connectivity index (χ3v) is 3.97. The van der Waals surface area contributed by atoms with Crippen LogP contribution in [0.5, 0.6) is 0 Å². The van der Waals surface area contributed by atoms with Gasteiger partial charge >= 0.3 is 0 Å². The Balaban J connectivity index is 2.09. The van der Waals surface area contributed by atoms with E-state index in [9.17, 15) is 0 Å². The van der Waals surface area contributed by atoms with Gasteiger partial charge in [0.2, 0.25) is 0 Å². The lowest BCUT2D eigenvalue weighted by Gasteiger charge is -2.13. The quantitative estimate of drug-likeness (QED) is 0.820. The molecule has 1 N–H and O–H groups in total. The second-order valence-electron chi connectivity index (χ2n) is 3.64. The van der Waals surface area contributed by atoms with Crippen LogP contribution in [-0.2, 0) is 6.61 Å². The van der Waals surface area contributed by atoms with Gasteiger partial charge < -0.3 is 9.67 Å². The normalized spacial score (nSPS) is 27.0. The molecular weight excluding hydrogens is 198 g/mol. The second kappa shape index (κ2) is 4.31. The summed E-state index contributed by atoms with van der Waals surface area (Å²) in [6.45, 7) is -0.0135. The van der Waals surface area contributed by atoms with E-state index in [1.165, 1.54) is 19.3 Å². The molecule has 14 heavy (non-hydrogen) atoms. The fraction of sp³-hybridized carbons (Fsp3) is 0.778. The topological polar surface area (TPSA) is 50.9 Å². The van der Waals surface area contributed by atoms with Crippen LogP contribution in [-0.4, -0.2) is 31.4 Å². The molecule has 0 spiro atoms. The van der Waals surface area contributed by atoms with E-state index < -0.39 is 0 Å². The molecule has 0 saturated heterocycles. The number of aliphatic hydroxyl groups excluding tert-OH is 1. The lowest BCUT2D eigenvalue weighted by molar-refractivity contribution is 0.260. The highest BCUT2D eigenvalue weighted by Crippen LogP contribution is 2.36. The Bertz CT molecular complexity index is 302. The van der Waals surface area contributed by atoms with Crippen LogP contribution in [0.15, 0.2) is 6.33 Å². The highest BCUT2D eigenvalue weighted by molar-refractivity contribution is 7.99. The minimum absolute atomic E-state index is 0.0135. The molecule has 1 aromatic heterocycles. The van der Waals surface area contributed by atoms with Gasteiger partial charge in [-0.25, -0.2) is 0 Å². The number of thioether (sulfide) groups is 1. The van der Waals surface area contributed by atoms with Crippen molar-refractivity contribution in [3.05, 3.63) is 12.2 Å². The lowest BCUT2D eigenvalue weighted by atomic mass is 10.2. The Kier molecular flexibility index (Phi) is 3.08. The van der Waals surface area contributed by atoms with Gasteiger partial charge in [-0.05, 0) is 25.5 Å². The largest absolute Gasteiger partial charge is 0.388 e. The molecule has 1 aliphatic rings. The standard InChI is InChI=1S/C9H15N3OS/c1-14-8-3-2-7(4-8)12-6-10-11-9(12)5-13/h6-8,13H,2-5H2,1H3. The molecule has 1 heterocycles. The SMILES string of the molecule is CSC1CCC(n2cnnc2CO)C1. The van der Waals surface area contributed by atoms with E-state index in [0.717, 1.165) is 5.25 Å². The summed E-state index contributed by atoms with van der Waals surface area (Å²) in [5, 5.41) is 17.5. The Morgan fingerprint density at radius 3 is 3.14 bits per heavy atom. The summed E-state index contributed by atoms with van der Waals surface area (Å²) < 4.78 is 2.02. The van der Waals surface area contributed by atoms with Gasteiger partial charge in [-0.2, -0.15) is 11.8 Å². The Morgan fingerprint density at radius 1 is 1.64 bits per heavy atom. The van der Waals surface area contributed by atoms with E-state index in [0.29, 0.717) is 11.9 Å².